The summed E-state index contributed by atoms with van der Waals surface area (Å²) in [7, 11) is 0. The number of halogens is 1. The zero-order valence-electron chi connectivity index (χ0n) is 10.4. The second-order valence-corrected chi connectivity index (χ2v) is 4.98. The van der Waals surface area contributed by atoms with Crippen LogP contribution in [0.4, 0.5) is 4.79 Å². The molecule has 6 heteroatoms. The second kappa shape index (κ2) is 5.69. The summed E-state index contributed by atoms with van der Waals surface area (Å²) >= 11 is 5.29. The van der Waals surface area contributed by atoms with Gasteiger partial charge in [-0.05, 0) is 13.3 Å². The SMILES string of the molecule is CCOC1CC(NC(=O)NC(=O)CCl)C1(C)C. The number of rotatable bonds is 4. The van der Waals surface area contributed by atoms with Crippen LogP contribution >= 0.6 is 11.6 Å². The van der Waals surface area contributed by atoms with Crippen molar-refractivity contribution in [3.63, 3.8) is 0 Å². The van der Waals surface area contributed by atoms with Crippen molar-refractivity contribution in [3.05, 3.63) is 0 Å². The van der Waals surface area contributed by atoms with Crippen molar-refractivity contribution < 1.29 is 14.3 Å². The van der Waals surface area contributed by atoms with Gasteiger partial charge in [0.25, 0.3) is 0 Å². The number of imide groups is 1. The number of carbonyl (C=O) groups excluding carboxylic acids is 2. The molecule has 1 aliphatic rings. The maximum absolute atomic E-state index is 11.4. The topological polar surface area (TPSA) is 67.4 Å². The van der Waals surface area contributed by atoms with Crippen molar-refractivity contribution in [2.75, 3.05) is 12.5 Å². The third-order valence-electron chi connectivity index (χ3n) is 3.23. The van der Waals surface area contributed by atoms with Crippen molar-refractivity contribution in [1.29, 1.82) is 0 Å². The van der Waals surface area contributed by atoms with E-state index < -0.39 is 11.9 Å². The first-order valence-corrected chi connectivity index (χ1v) is 6.23. The van der Waals surface area contributed by atoms with E-state index in [1.54, 1.807) is 0 Å². The van der Waals surface area contributed by atoms with Gasteiger partial charge in [-0.2, -0.15) is 0 Å². The zero-order valence-corrected chi connectivity index (χ0v) is 11.1. The summed E-state index contributed by atoms with van der Waals surface area (Å²) in [6, 6.07) is -0.481. The summed E-state index contributed by atoms with van der Waals surface area (Å²) in [5, 5.41) is 4.90. The first kappa shape index (κ1) is 14.3. The molecule has 0 aromatic rings. The Hall–Kier alpha value is -0.810. The van der Waals surface area contributed by atoms with Gasteiger partial charge in [0.2, 0.25) is 5.91 Å². The fourth-order valence-electron chi connectivity index (χ4n) is 1.97. The van der Waals surface area contributed by atoms with E-state index in [2.05, 4.69) is 10.6 Å². The molecule has 0 saturated heterocycles. The highest BCUT2D eigenvalue weighted by atomic mass is 35.5. The summed E-state index contributed by atoms with van der Waals surface area (Å²) in [6.45, 7) is 6.68. The summed E-state index contributed by atoms with van der Waals surface area (Å²) in [6.07, 6.45) is 0.921. The molecule has 0 aromatic carbocycles. The van der Waals surface area contributed by atoms with Gasteiger partial charge >= 0.3 is 6.03 Å². The van der Waals surface area contributed by atoms with Gasteiger partial charge in [0.15, 0.2) is 0 Å². The molecule has 17 heavy (non-hydrogen) atoms. The maximum Gasteiger partial charge on any atom is 0.321 e. The summed E-state index contributed by atoms with van der Waals surface area (Å²) < 4.78 is 5.55. The number of nitrogens with one attached hydrogen (secondary N) is 2. The molecule has 1 rings (SSSR count). The molecule has 98 valence electrons. The molecule has 1 saturated carbocycles. The molecule has 2 unspecified atom stereocenters. The molecule has 5 nitrogen and oxygen atoms in total. The van der Waals surface area contributed by atoms with E-state index in [4.69, 9.17) is 16.3 Å². The molecule has 3 amide bonds. The second-order valence-electron chi connectivity index (χ2n) is 4.71. The van der Waals surface area contributed by atoms with Crippen LogP contribution in [0.2, 0.25) is 0 Å². The lowest BCUT2D eigenvalue weighted by Gasteiger charge is -2.51. The summed E-state index contributed by atoms with van der Waals surface area (Å²) in [5.74, 6) is -0.717. The number of ether oxygens (including phenoxy) is 1. The summed E-state index contributed by atoms with van der Waals surface area (Å²) in [4.78, 5) is 22.3. The molecule has 0 heterocycles. The molecular weight excluding hydrogens is 244 g/mol. The predicted molar refractivity (Wildman–Crippen MR) is 65.0 cm³/mol. The van der Waals surface area contributed by atoms with Gasteiger partial charge in [-0.15, -0.1) is 11.6 Å². The lowest BCUT2D eigenvalue weighted by molar-refractivity contribution is -0.118. The van der Waals surface area contributed by atoms with E-state index in [-0.39, 0.29) is 23.4 Å². The average molecular weight is 263 g/mol. The van der Waals surface area contributed by atoms with E-state index in [0.29, 0.717) is 6.61 Å². The molecule has 2 N–H and O–H groups in total. The van der Waals surface area contributed by atoms with Gasteiger partial charge in [-0.3, -0.25) is 10.1 Å². The third kappa shape index (κ3) is 3.33. The maximum atomic E-state index is 11.4. The Balaban J connectivity index is 2.39. The van der Waals surface area contributed by atoms with Gasteiger partial charge in [0.05, 0.1) is 6.10 Å². The van der Waals surface area contributed by atoms with Crippen LogP contribution in [0.25, 0.3) is 0 Å². The Morgan fingerprint density at radius 3 is 2.59 bits per heavy atom. The first-order chi connectivity index (χ1) is 7.91. The molecule has 1 aliphatic carbocycles. The smallest absolute Gasteiger partial charge is 0.321 e. The van der Waals surface area contributed by atoms with E-state index in [0.717, 1.165) is 6.42 Å². The van der Waals surface area contributed by atoms with Gasteiger partial charge in [0.1, 0.15) is 5.88 Å². The largest absolute Gasteiger partial charge is 0.378 e. The molecular formula is C11H19ClN2O3. The minimum Gasteiger partial charge on any atom is -0.378 e. The predicted octanol–water partition coefficient (Wildman–Crippen LogP) is 1.25. The van der Waals surface area contributed by atoms with Crippen LogP contribution < -0.4 is 10.6 Å². The van der Waals surface area contributed by atoms with Gasteiger partial charge in [0, 0.05) is 18.1 Å². The molecule has 0 aromatic heterocycles. The number of carbonyl (C=O) groups is 2. The molecule has 0 aliphatic heterocycles. The van der Waals surface area contributed by atoms with E-state index in [1.807, 2.05) is 20.8 Å². The normalized spacial score (nSPS) is 25.9. The van der Waals surface area contributed by atoms with Crippen LogP contribution in [0.15, 0.2) is 0 Å². The lowest BCUT2D eigenvalue weighted by atomic mass is 9.64. The highest BCUT2D eigenvalue weighted by molar-refractivity contribution is 6.28. The fourth-order valence-corrected chi connectivity index (χ4v) is 2.04. The first-order valence-electron chi connectivity index (χ1n) is 5.69. The van der Waals surface area contributed by atoms with Gasteiger partial charge < -0.3 is 10.1 Å². The van der Waals surface area contributed by atoms with Crippen molar-refractivity contribution in [2.45, 2.75) is 39.3 Å². The quantitative estimate of drug-likeness (QED) is 0.750. The Kier molecular flexibility index (Phi) is 4.77. The average Bonchev–Trinajstić information content (AvgIpc) is 2.27. The Morgan fingerprint density at radius 2 is 2.12 bits per heavy atom. The van der Waals surface area contributed by atoms with Crippen LogP contribution in [0.5, 0.6) is 0 Å². The van der Waals surface area contributed by atoms with E-state index in [1.165, 1.54) is 0 Å². The van der Waals surface area contributed by atoms with Crippen LogP contribution in [-0.2, 0) is 9.53 Å². The molecule has 2 atom stereocenters. The molecule has 0 radical (unpaired) electrons. The summed E-state index contributed by atoms with van der Waals surface area (Å²) in [5.41, 5.74) is -0.114. The number of urea groups is 1. The Bertz CT molecular complexity index is 307. The van der Waals surface area contributed by atoms with Crippen LogP contribution in [0.3, 0.4) is 0 Å². The van der Waals surface area contributed by atoms with Crippen LogP contribution in [-0.4, -0.2) is 36.6 Å². The molecule has 0 spiro atoms. The number of alkyl halides is 1. The van der Waals surface area contributed by atoms with Crippen molar-refractivity contribution in [1.82, 2.24) is 10.6 Å². The lowest BCUT2D eigenvalue weighted by Crippen LogP contribution is -2.63. The van der Waals surface area contributed by atoms with Gasteiger partial charge in [-0.25, -0.2) is 4.79 Å². The highest BCUT2D eigenvalue weighted by Crippen LogP contribution is 2.42. The Labute approximate surface area is 106 Å². The number of amides is 3. The zero-order chi connectivity index (χ0) is 13.1. The minimum absolute atomic E-state index is 0.0159. The number of hydrogen-bond donors (Lipinski definition) is 2. The highest BCUT2D eigenvalue weighted by Gasteiger charge is 2.49. The van der Waals surface area contributed by atoms with Gasteiger partial charge in [-0.1, -0.05) is 13.8 Å². The van der Waals surface area contributed by atoms with Crippen molar-refractivity contribution in [2.24, 2.45) is 5.41 Å². The molecule has 0 bridgehead atoms. The van der Waals surface area contributed by atoms with Crippen LogP contribution in [0.1, 0.15) is 27.2 Å². The van der Waals surface area contributed by atoms with Crippen molar-refractivity contribution >= 4 is 23.5 Å². The fraction of sp³-hybridized carbons (Fsp3) is 0.818. The number of hydrogen-bond acceptors (Lipinski definition) is 3. The Morgan fingerprint density at radius 1 is 1.47 bits per heavy atom. The standard InChI is InChI=1S/C11H19ClN2O3/c1-4-17-8-5-7(11(8,2)3)13-10(16)14-9(15)6-12/h7-8H,4-6H2,1-3H3,(H2,13,14,15,16). The van der Waals surface area contributed by atoms with E-state index in [9.17, 15) is 9.59 Å². The minimum atomic E-state index is -0.498. The monoisotopic (exact) mass is 262 g/mol. The molecule has 1 fully saturated rings. The van der Waals surface area contributed by atoms with E-state index >= 15 is 0 Å². The third-order valence-corrected chi connectivity index (χ3v) is 3.47. The van der Waals surface area contributed by atoms with Crippen molar-refractivity contribution in [3.8, 4) is 0 Å². The van der Waals surface area contributed by atoms with Crippen LogP contribution in [0, 0.1) is 5.41 Å².